The van der Waals surface area contributed by atoms with Gasteiger partial charge in [0.15, 0.2) is 0 Å². The highest BCUT2D eigenvalue weighted by Crippen LogP contribution is 2.13. The van der Waals surface area contributed by atoms with Crippen LogP contribution < -0.4 is 0 Å². The molecule has 0 saturated heterocycles. The molecule has 0 aliphatic carbocycles. The Bertz CT molecular complexity index is 229. The van der Waals surface area contributed by atoms with E-state index < -0.39 is 5.97 Å². The number of carboxylic acid groups (broad SMARTS) is 1. The Morgan fingerprint density at radius 2 is 1.35 bits per heavy atom. The Hall–Kier alpha value is -0.0900. The van der Waals surface area contributed by atoms with Crippen molar-refractivity contribution in [2.75, 3.05) is 11.5 Å². The lowest BCUT2D eigenvalue weighted by Crippen LogP contribution is -1.93. The van der Waals surface area contributed by atoms with Crippen molar-refractivity contribution < 1.29 is 9.90 Å². The van der Waals surface area contributed by atoms with E-state index in [4.69, 9.17) is 17.3 Å². The predicted molar refractivity (Wildman–Crippen MR) is 94.0 cm³/mol. The summed E-state index contributed by atoms with van der Waals surface area (Å²) in [6, 6.07) is 0. The molecular formula is C16H30O2S2. The molecule has 0 aliphatic rings. The number of hydrogen-bond donors (Lipinski definition) is 1. The number of hydrogen-bond acceptors (Lipinski definition) is 3. The first kappa shape index (κ1) is 19.9. The molecule has 0 spiro atoms. The highest BCUT2D eigenvalue weighted by molar-refractivity contribution is 7.99. The van der Waals surface area contributed by atoms with E-state index in [1.54, 1.807) is 0 Å². The minimum atomic E-state index is -0.663. The van der Waals surface area contributed by atoms with Crippen LogP contribution in [0.4, 0.5) is 0 Å². The van der Waals surface area contributed by atoms with Crippen LogP contribution in [0.1, 0.15) is 77.6 Å². The lowest BCUT2D eigenvalue weighted by molar-refractivity contribution is -0.137. The summed E-state index contributed by atoms with van der Waals surface area (Å²) < 4.78 is 0. The molecular weight excluding hydrogens is 288 g/mol. The largest absolute Gasteiger partial charge is 0.481 e. The molecule has 20 heavy (non-hydrogen) atoms. The Balaban J connectivity index is 2.99. The van der Waals surface area contributed by atoms with Crippen LogP contribution in [0.3, 0.4) is 0 Å². The normalized spacial score (nSPS) is 10.7. The van der Waals surface area contributed by atoms with Crippen molar-refractivity contribution in [3.05, 3.63) is 0 Å². The van der Waals surface area contributed by atoms with Crippen LogP contribution in [0, 0.1) is 0 Å². The van der Waals surface area contributed by atoms with E-state index in [0.717, 1.165) is 24.1 Å². The van der Waals surface area contributed by atoms with Gasteiger partial charge in [0.2, 0.25) is 0 Å². The van der Waals surface area contributed by atoms with Crippen LogP contribution in [0.15, 0.2) is 0 Å². The Morgan fingerprint density at radius 1 is 0.850 bits per heavy atom. The third-order valence-electron chi connectivity index (χ3n) is 3.28. The van der Waals surface area contributed by atoms with Gasteiger partial charge >= 0.3 is 5.97 Å². The van der Waals surface area contributed by atoms with E-state index in [1.165, 1.54) is 56.5 Å². The average molecular weight is 319 g/mol. The second kappa shape index (κ2) is 15.3. The minimum Gasteiger partial charge on any atom is -0.481 e. The highest BCUT2D eigenvalue weighted by atomic mass is 32.2. The Labute approximate surface area is 134 Å². The van der Waals surface area contributed by atoms with Gasteiger partial charge in [-0.15, -0.1) is 0 Å². The number of carboxylic acids is 1. The predicted octanol–water partition coefficient (Wildman–Crippen LogP) is 5.49. The fraction of sp³-hybridized carbons (Fsp3) is 0.875. The molecule has 0 fully saturated rings. The van der Waals surface area contributed by atoms with Gasteiger partial charge in [-0.1, -0.05) is 57.2 Å². The third-order valence-corrected chi connectivity index (χ3v) is 4.55. The van der Waals surface area contributed by atoms with Gasteiger partial charge in [0, 0.05) is 6.42 Å². The monoisotopic (exact) mass is 318 g/mol. The summed E-state index contributed by atoms with van der Waals surface area (Å²) in [5.74, 6) is 1.80. The van der Waals surface area contributed by atoms with Gasteiger partial charge in [-0.05, 0) is 42.6 Å². The van der Waals surface area contributed by atoms with Crippen molar-refractivity contribution >= 4 is 34.8 Å². The number of thioether (sulfide) groups is 1. The molecule has 0 aromatic carbocycles. The lowest BCUT2D eigenvalue weighted by atomic mass is 10.1. The van der Waals surface area contributed by atoms with Crippen LogP contribution in [-0.2, 0) is 4.79 Å². The topological polar surface area (TPSA) is 37.3 Å². The standard InChI is InChI=1S/C16H30O2S2/c1-15(19)12-14-20-13-10-8-6-4-2-3-5-7-9-11-16(17)18/h2-14H2,1H3,(H,17,18). The molecule has 0 aromatic heterocycles. The summed E-state index contributed by atoms with van der Waals surface area (Å²) in [5, 5.41) is 8.51. The second-order valence-electron chi connectivity index (χ2n) is 5.39. The van der Waals surface area contributed by atoms with Gasteiger partial charge in [-0.3, -0.25) is 4.79 Å². The molecule has 0 radical (unpaired) electrons. The molecule has 0 amide bonds. The number of carbonyl (C=O) groups is 1. The van der Waals surface area contributed by atoms with Gasteiger partial charge in [0.25, 0.3) is 0 Å². The number of aliphatic carboxylic acids is 1. The van der Waals surface area contributed by atoms with E-state index in [2.05, 4.69) is 0 Å². The summed E-state index contributed by atoms with van der Waals surface area (Å²) in [5.41, 5.74) is 0. The highest BCUT2D eigenvalue weighted by Gasteiger charge is 1.97. The van der Waals surface area contributed by atoms with Crippen LogP contribution in [0.5, 0.6) is 0 Å². The maximum atomic E-state index is 10.3. The molecule has 0 atom stereocenters. The SMILES string of the molecule is CC(=S)CCSCCCCCCCCCCCC(=O)O. The molecule has 2 nitrogen and oxygen atoms in total. The summed E-state index contributed by atoms with van der Waals surface area (Å²) in [4.78, 5) is 11.5. The molecule has 0 aromatic rings. The van der Waals surface area contributed by atoms with E-state index in [-0.39, 0.29) is 0 Å². The zero-order valence-electron chi connectivity index (χ0n) is 12.9. The van der Waals surface area contributed by atoms with Crippen molar-refractivity contribution in [1.29, 1.82) is 0 Å². The second-order valence-corrected chi connectivity index (χ2v) is 7.31. The molecule has 0 unspecified atom stereocenters. The molecule has 0 aliphatic heterocycles. The zero-order valence-corrected chi connectivity index (χ0v) is 14.5. The first-order valence-corrected chi connectivity index (χ1v) is 9.48. The smallest absolute Gasteiger partial charge is 0.303 e. The summed E-state index contributed by atoms with van der Waals surface area (Å²) >= 11 is 7.08. The third kappa shape index (κ3) is 17.9. The fourth-order valence-corrected chi connectivity index (χ4v) is 3.33. The molecule has 0 saturated carbocycles. The van der Waals surface area contributed by atoms with Gasteiger partial charge in [0.1, 0.15) is 0 Å². The number of unbranched alkanes of at least 4 members (excludes halogenated alkanes) is 8. The summed E-state index contributed by atoms with van der Waals surface area (Å²) in [7, 11) is 0. The Morgan fingerprint density at radius 3 is 1.85 bits per heavy atom. The molecule has 1 N–H and O–H groups in total. The maximum absolute atomic E-state index is 10.3. The van der Waals surface area contributed by atoms with E-state index in [9.17, 15) is 4.79 Å². The first-order chi connectivity index (χ1) is 9.63. The van der Waals surface area contributed by atoms with E-state index in [0.29, 0.717) is 6.42 Å². The maximum Gasteiger partial charge on any atom is 0.303 e. The van der Waals surface area contributed by atoms with Crippen molar-refractivity contribution in [2.45, 2.75) is 77.6 Å². The van der Waals surface area contributed by atoms with E-state index in [1.807, 2.05) is 18.7 Å². The lowest BCUT2D eigenvalue weighted by Gasteiger charge is -2.03. The van der Waals surface area contributed by atoms with Gasteiger partial charge in [-0.25, -0.2) is 0 Å². The number of thiocarbonyl (C=S) groups is 1. The van der Waals surface area contributed by atoms with Crippen LogP contribution >= 0.6 is 24.0 Å². The molecule has 0 rings (SSSR count). The zero-order chi connectivity index (χ0) is 15.1. The van der Waals surface area contributed by atoms with Gasteiger partial charge < -0.3 is 5.11 Å². The summed E-state index contributed by atoms with van der Waals surface area (Å²) in [6.45, 7) is 2.03. The van der Waals surface area contributed by atoms with Crippen molar-refractivity contribution in [3.63, 3.8) is 0 Å². The van der Waals surface area contributed by atoms with Gasteiger partial charge in [0.05, 0.1) is 0 Å². The Kier molecular flexibility index (Phi) is 15.2. The molecule has 4 heteroatoms. The minimum absolute atomic E-state index is 0.334. The molecule has 0 heterocycles. The van der Waals surface area contributed by atoms with Crippen LogP contribution in [-0.4, -0.2) is 27.4 Å². The van der Waals surface area contributed by atoms with E-state index >= 15 is 0 Å². The van der Waals surface area contributed by atoms with Crippen molar-refractivity contribution in [2.24, 2.45) is 0 Å². The number of rotatable bonds is 15. The van der Waals surface area contributed by atoms with Crippen molar-refractivity contribution in [3.8, 4) is 0 Å². The molecule has 118 valence electrons. The first-order valence-electron chi connectivity index (χ1n) is 7.92. The molecule has 0 bridgehead atoms. The van der Waals surface area contributed by atoms with Crippen LogP contribution in [0.25, 0.3) is 0 Å². The fourth-order valence-electron chi connectivity index (χ4n) is 2.04. The van der Waals surface area contributed by atoms with Gasteiger partial charge in [-0.2, -0.15) is 11.8 Å². The summed E-state index contributed by atoms with van der Waals surface area (Å²) in [6.07, 6.45) is 12.5. The van der Waals surface area contributed by atoms with Crippen molar-refractivity contribution in [1.82, 2.24) is 0 Å². The quantitative estimate of drug-likeness (QED) is 0.320. The van der Waals surface area contributed by atoms with Crippen LogP contribution in [0.2, 0.25) is 0 Å². The average Bonchev–Trinajstić information content (AvgIpc) is 2.38.